The highest BCUT2D eigenvalue weighted by Gasteiger charge is 2.67. The summed E-state index contributed by atoms with van der Waals surface area (Å²) in [6.45, 7) is 1.75. The molecule has 0 N–H and O–H groups in total. The summed E-state index contributed by atoms with van der Waals surface area (Å²) in [4.78, 5) is 0. The van der Waals surface area contributed by atoms with Gasteiger partial charge in [0.2, 0.25) is 0 Å². The average Bonchev–Trinajstić information content (AvgIpc) is 2.82. The van der Waals surface area contributed by atoms with E-state index in [1.165, 1.54) is 0 Å². The van der Waals surface area contributed by atoms with Crippen LogP contribution in [0.5, 0.6) is 0 Å². The zero-order chi connectivity index (χ0) is 21.3. The lowest BCUT2D eigenvalue weighted by Gasteiger charge is -2.19. The number of unbranched alkanes of at least 4 members (excludes halogenated alkanes) is 3. The van der Waals surface area contributed by atoms with E-state index in [0.29, 0.717) is 17.4 Å². The predicted molar refractivity (Wildman–Crippen MR) is 82.4 cm³/mol. The lowest BCUT2D eigenvalue weighted by Crippen LogP contribution is -2.46. The van der Waals surface area contributed by atoms with E-state index in [-0.39, 0.29) is 6.54 Å². The van der Waals surface area contributed by atoms with Crippen LogP contribution >= 0.6 is 0 Å². The fourth-order valence-corrected chi connectivity index (χ4v) is 6.06. The minimum absolute atomic E-state index is 0.132. The number of aromatic nitrogens is 2. The molecule has 1 heterocycles. The molecular formula is C13H19F6N2O4S2+. The summed E-state index contributed by atoms with van der Waals surface area (Å²) >= 11 is 0. The molecular weight excluding hydrogens is 426 g/mol. The number of hydrogen-bond acceptors (Lipinski definition) is 4. The molecule has 0 fully saturated rings. The maximum absolute atomic E-state index is 13.0. The van der Waals surface area contributed by atoms with Crippen molar-refractivity contribution in [1.29, 1.82) is 0 Å². The summed E-state index contributed by atoms with van der Waals surface area (Å²) in [5.41, 5.74) is -12.4. The fourth-order valence-electron chi connectivity index (χ4n) is 2.42. The first-order valence-electron chi connectivity index (χ1n) is 7.74. The fraction of sp³-hybridized carbons (Fsp3) is 0.769. The number of imidazole rings is 1. The van der Waals surface area contributed by atoms with Crippen molar-refractivity contribution in [3.8, 4) is 0 Å². The third kappa shape index (κ3) is 4.76. The van der Waals surface area contributed by atoms with Crippen molar-refractivity contribution in [3.05, 3.63) is 18.2 Å². The van der Waals surface area contributed by atoms with Crippen LogP contribution in [-0.2, 0) is 33.3 Å². The highest BCUT2D eigenvalue weighted by molar-refractivity contribution is 8.09. The van der Waals surface area contributed by atoms with Crippen LogP contribution in [0, 0.1) is 0 Å². The van der Waals surface area contributed by atoms with Crippen LogP contribution in [-0.4, -0.2) is 32.4 Å². The molecule has 0 aliphatic rings. The minimum atomic E-state index is -6.73. The van der Waals surface area contributed by atoms with E-state index in [4.69, 9.17) is 0 Å². The van der Waals surface area contributed by atoms with E-state index < -0.39 is 41.1 Å². The van der Waals surface area contributed by atoms with Gasteiger partial charge in [-0.05, 0) is 12.8 Å². The van der Waals surface area contributed by atoms with E-state index >= 15 is 0 Å². The van der Waals surface area contributed by atoms with Crippen LogP contribution in [0.3, 0.4) is 0 Å². The van der Waals surface area contributed by atoms with E-state index in [1.807, 2.05) is 6.92 Å². The van der Waals surface area contributed by atoms with Gasteiger partial charge < -0.3 is 0 Å². The molecule has 0 bridgehead atoms. The smallest absolute Gasteiger partial charge is 0.235 e. The van der Waals surface area contributed by atoms with Crippen molar-refractivity contribution >= 4 is 19.7 Å². The zero-order valence-corrected chi connectivity index (χ0v) is 16.0. The van der Waals surface area contributed by atoms with Crippen molar-refractivity contribution in [2.24, 2.45) is 7.05 Å². The van der Waals surface area contributed by atoms with Gasteiger partial charge in [0.05, 0.1) is 13.6 Å². The Morgan fingerprint density at radius 3 is 1.85 bits per heavy atom. The normalized spacial score (nSPS) is 14.1. The quantitative estimate of drug-likeness (QED) is 0.350. The molecule has 1 rings (SSSR count). The van der Waals surface area contributed by atoms with Crippen LogP contribution in [0.1, 0.15) is 43.0 Å². The summed E-state index contributed by atoms with van der Waals surface area (Å²) < 4.78 is 123. The molecule has 0 radical (unpaired) electrons. The summed E-state index contributed by atoms with van der Waals surface area (Å²) in [7, 11) is -12.5. The summed E-state index contributed by atoms with van der Waals surface area (Å²) in [5, 5.41) is 0. The van der Waals surface area contributed by atoms with Gasteiger partial charge in [0.25, 0.3) is 30.1 Å². The molecule has 14 heteroatoms. The monoisotopic (exact) mass is 445 g/mol. The molecule has 158 valence electrons. The Kier molecular flexibility index (Phi) is 7.01. The molecule has 0 aliphatic carbocycles. The standard InChI is InChI=1S/C13H19F6N2O4S2/c1-3-4-5-6-7-21-9-8-20(2)10(21)11(26(22,23)12(14,15)16)27(24,25)13(17,18)19/h8-9,11H,3-7H2,1-2H3/q+1. The number of nitrogens with zero attached hydrogens (tertiary/aromatic N) is 2. The molecule has 0 unspecified atom stereocenters. The summed E-state index contributed by atoms with van der Waals surface area (Å²) in [6, 6.07) is 0. The summed E-state index contributed by atoms with van der Waals surface area (Å²) in [6.07, 6.45) is 4.50. The molecule has 1 aromatic heterocycles. The van der Waals surface area contributed by atoms with E-state index in [2.05, 4.69) is 0 Å². The first-order valence-corrected chi connectivity index (χ1v) is 10.8. The van der Waals surface area contributed by atoms with Crippen LogP contribution in [0.15, 0.2) is 12.4 Å². The first-order chi connectivity index (χ1) is 12.1. The molecule has 0 aliphatic heterocycles. The highest BCUT2D eigenvalue weighted by Crippen LogP contribution is 2.43. The number of alkyl halides is 6. The molecule has 6 nitrogen and oxygen atoms in total. The van der Waals surface area contributed by atoms with E-state index in [1.54, 1.807) is 0 Å². The molecule has 0 spiro atoms. The van der Waals surface area contributed by atoms with Gasteiger partial charge in [-0.15, -0.1) is 0 Å². The first kappa shape index (κ1) is 23.7. The SMILES string of the molecule is CCCCCCn1cc[n+](C)c1C(S(=O)(=O)C(F)(F)F)S(=O)(=O)C(F)(F)F. The Balaban J connectivity index is 3.63. The number of sulfone groups is 2. The van der Waals surface area contributed by atoms with Gasteiger partial charge in [-0.3, -0.25) is 0 Å². The molecule has 0 aromatic carbocycles. The minimum Gasteiger partial charge on any atom is -0.235 e. The van der Waals surface area contributed by atoms with Crippen LogP contribution in [0.25, 0.3) is 0 Å². The van der Waals surface area contributed by atoms with Crippen molar-refractivity contribution in [1.82, 2.24) is 4.57 Å². The van der Waals surface area contributed by atoms with Gasteiger partial charge in [0.1, 0.15) is 12.4 Å². The molecule has 0 atom stereocenters. The second-order valence-electron chi connectivity index (χ2n) is 5.83. The Morgan fingerprint density at radius 2 is 1.44 bits per heavy atom. The van der Waals surface area contributed by atoms with Gasteiger partial charge in [-0.1, -0.05) is 19.8 Å². The maximum atomic E-state index is 13.0. The second kappa shape index (κ2) is 7.97. The third-order valence-corrected chi connectivity index (χ3v) is 8.16. The Morgan fingerprint density at radius 1 is 0.963 bits per heavy atom. The van der Waals surface area contributed by atoms with Crippen molar-refractivity contribution in [3.63, 3.8) is 0 Å². The molecule has 27 heavy (non-hydrogen) atoms. The molecule has 0 amide bonds. The van der Waals surface area contributed by atoms with E-state index in [9.17, 15) is 43.2 Å². The molecule has 1 aromatic rings. The van der Waals surface area contributed by atoms with Crippen molar-refractivity contribution in [2.45, 2.75) is 54.8 Å². The zero-order valence-electron chi connectivity index (χ0n) is 14.4. The Bertz CT molecular complexity index is 812. The van der Waals surface area contributed by atoms with Crippen molar-refractivity contribution in [2.75, 3.05) is 0 Å². The second-order valence-corrected chi connectivity index (χ2v) is 10.2. The van der Waals surface area contributed by atoms with Crippen molar-refractivity contribution < 1.29 is 47.7 Å². The Labute approximate surface area is 152 Å². The topological polar surface area (TPSA) is 77.1 Å². The van der Waals surface area contributed by atoms with Gasteiger partial charge in [-0.25, -0.2) is 26.0 Å². The van der Waals surface area contributed by atoms with Gasteiger partial charge in [0, 0.05) is 0 Å². The largest absolute Gasteiger partial charge is 0.499 e. The number of aryl methyl sites for hydroxylation is 2. The van der Waals surface area contributed by atoms with E-state index in [0.717, 1.165) is 36.9 Å². The number of halogens is 6. The summed E-state index contributed by atoms with van der Waals surface area (Å²) in [5.74, 6) is -1.12. The average molecular weight is 445 g/mol. The lowest BCUT2D eigenvalue weighted by molar-refractivity contribution is -0.678. The van der Waals surface area contributed by atoms with Crippen LogP contribution in [0.4, 0.5) is 26.3 Å². The third-order valence-electron chi connectivity index (χ3n) is 3.80. The van der Waals surface area contributed by atoms with Gasteiger partial charge in [-0.2, -0.15) is 26.3 Å². The predicted octanol–water partition coefficient (Wildman–Crippen LogP) is 2.76. The Hall–Kier alpha value is -1.31. The maximum Gasteiger partial charge on any atom is 0.499 e. The highest BCUT2D eigenvalue weighted by atomic mass is 32.3. The van der Waals surface area contributed by atoms with Gasteiger partial charge >= 0.3 is 11.0 Å². The molecule has 0 saturated heterocycles. The number of hydrogen-bond donors (Lipinski definition) is 0. The van der Waals surface area contributed by atoms with Gasteiger partial charge in [0.15, 0.2) is 0 Å². The number of rotatable bonds is 8. The molecule has 0 saturated carbocycles. The van der Waals surface area contributed by atoms with Crippen LogP contribution < -0.4 is 4.57 Å². The van der Waals surface area contributed by atoms with Crippen LogP contribution in [0.2, 0.25) is 0 Å². The lowest BCUT2D eigenvalue weighted by atomic mass is 10.2.